The highest BCUT2D eigenvalue weighted by Crippen LogP contribution is 2.61. The molecular weight excluding hydrogens is 478 g/mol. The van der Waals surface area contributed by atoms with Crippen LogP contribution in [0.2, 0.25) is 0 Å². The summed E-state index contributed by atoms with van der Waals surface area (Å²) in [5.74, 6) is 1.90. The number of benzene rings is 2. The van der Waals surface area contributed by atoms with Crippen LogP contribution in [0, 0.1) is 17.3 Å². The van der Waals surface area contributed by atoms with Crippen molar-refractivity contribution in [1.29, 1.82) is 0 Å². The molecule has 0 saturated heterocycles. The third-order valence-corrected chi connectivity index (χ3v) is 8.58. The van der Waals surface area contributed by atoms with Crippen molar-refractivity contribution >= 4 is 34.4 Å². The molecule has 4 atom stereocenters. The van der Waals surface area contributed by atoms with E-state index in [-0.39, 0.29) is 11.8 Å². The minimum absolute atomic E-state index is 0.0398. The summed E-state index contributed by atoms with van der Waals surface area (Å²) in [6, 6.07) is 18.3. The molecule has 38 heavy (non-hydrogen) atoms. The fourth-order valence-electron chi connectivity index (χ4n) is 7.37. The third-order valence-electron chi connectivity index (χ3n) is 8.58. The largest absolute Gasteiger partial charge is 0.390 e. The molecule has 8 nitrogen and oxygen atoms in total. The van der Waals surface area contributed by atoms with Crippen molar-refractivity contribution in [2.24, 2.45) is 17.3 Å². The maximum Gasteiger partial charge on any atom is 0.256 e. The highest BCUT2D eigenvalue weighted by molar-refractivity contribution is 6.05. The van der Waals surface area contributed by atoms with Crippen molar-refractivity contribution in [3.63, 3.8) is 0 Å². The number of pyridine rings is 1. The van der Waals surface area contributed by atoms with E-state index in [0.29, 0.717) is 35.5 Å². The zero-order chi connectivity index (χ0) is 25.9. The van der Waals surface area contributed by atoms with Gasteiger partial charge < -0.3 is 20.7 Å². The Morgan fingerprint density at radius 2 is 1.74 bits per heavy atom. The van der Waals surface area contributed by atoms with Crippen LogP contribution in [-0.2, 0) is 4.79 Å². The third kappa shape index (κ3) is 4.05. The summed E-state index contributed by atoms with van der Waals surface area (Å²) < 4.78 is 0. The average molecular weight is 508 g/mol. The minimum atomic E-state index is -0.661. The molecule has 4 N–H and O–H groups in total. The molecule has 4 bridgehead atoms. The molecule has 0 aliphatic heterocycles. The molecule has 4 aliphatic carbocycles. The quantitative estimate of drug-likeness (QED) is 0.298. The predicted molar refractivity (Wildman–Crippen MR) is 144 cm³/mol. The number of imidazole rings is 1. The van der Waals surface area contributed by atoms with Crippen molar-refractivity contribution in [3.05, 3.63) is 72.4 Å². The molecule has 2 aromatic heterocycles. The van der Waals surface area contributed by atoms with Gasteiger partial charge in [0.25, 0.3) is 5.91 Å². The van der Waals surface area contributed by atoms with E-state index in [9.17, 15) is 14.7 Å². The first kappa shape index (κ1) is 23.1. The molecule has 2 unspecified atom stereocenters. The number of nitrogens with one attached hydrogen (secondary N) is 3. The lowest BCUT2D eigenvalue weighted by molar-refractivity contribution is -0.174. The summed E-state index contributed by atoms with van der Waals surface area (Å²) in [6.07, 6.45) is 6.83. The van der Waals surface area contributed by atoms with Gasteiger partial charge in [0, 0.05) is 23.0 Å². The molecule has 4 saturated carbocycles. The molecular formula is C30H29N5O3. The Morgan fingerprint density at radius 1 is 0.947 bits per heavy atom. The molecule has 4 fully saturated rings. The Bertz CT molecular complexity index is 1530. The Morgan fingerprint density at radius 3 is 2.45 bits per heavy atom. The number of aromatic nitrogens is 3. The van der Waals surface area contributed by atoms with Gasteiger partial charge in [0.15, 0.2) is 0 Å². The van der Waals surface area contributed by atoms with Gasteiger partial charge in [0.2, 0.25) is 5.91 Å². The zero-order valence-corrected chi connectivity index (χ0v) is 20.9. The topological polar surface area (TPSA) is 120 Å². The van der Waals surface area contributed by atoms with Crippen LogP contribution in [0.3, 0.4) is 0 Å². The number of aromatic amines is 1. The van der Waals surface area contributed by atoms with Crippen LogP contribution in [-0.4, -0.2) is 37.5 Å². The van der Waals surface area contributed by atoms with Gasteiger partial charge in [-0.1, -0.05) is 6.07 Å². The van der Waals surface area contributed by atoms with Gasteiger partial charge in [-0.15, -0.1) is 0 Å². The second-order valence-electron chi connectivity index (χ2n) is 11.5. The fourth-order valence-corrected chi connectivity index (χ4v) is 7.37. The number of fused-ring (bicyclic) bond motifs is 1. The van der Waals surface area contributed by atoms with Gasteiger partial charge in [-0.3, -0.25) is 9.59 Å². The standard InChI is InChI=1S/C30H29N5O3/c36-27(35-25-3-1-2-10-31-25)21-6-9-23-24(12-21)34-26(33-23)20-4-7-22(8-5-20)32-28(37)29-13-18-11-19(14-29)16-30(38,15-18)17-29/h1-10,12,18-19,38H,11,13-17H2,(H,32,37)(H,33,34)(H,31,35,36)/t18-,19+,29?,30?. The molecule has 8 heteroatoms. The first-order chi connectivity index (χ1) is 18.4. The maximum absolute atomic E-state index is 13.4. The SMILES string of the molecule is O=C(Nc1ccccn1)c1ccc2nc(-c3ccc(NC(=O)C45C[C@@H]6C[C@@H](CC(O)(C6)C4)C5)cc3)[nH]c2c1. The van der Waals surface area contributed by atoms with Crippen LogP contribution in [0.5, 0.6) is 0 Å². The molecule has 2 amide bonds. The van der Waals surface area contributed by atoms with Gasteiger partial charge in [-0.05, 0) is 105 Å². The van der Waals surface area contributed by atoms with Gasteiger partial charge in [0.05, 0.1) is 22.0 Å². The maximum atomic E-state index is 13.4. The van der Waals surface area contributed by atoms with Crippen LogP contribution >= 0.6 is 0 Å². The van der Waals surface area contributed by atoms with Crippen LogP contribution in [0.15, 0.2) is 66.9 Å². The van der Waals surface area contributed by atoms with Crippen LogP contribution < -0.4 is 10.6 Å². The van der Waals surface area contributed by atoms with Crippen LogP contribution in [0.4, 0.5) is 11.5 Å². The van der Waals surface area contributed by atoms with Crippen molar-refractivity contribution in [3.8, 4) is 11.4 Å². The van der Waals surface area contributed by atoms with Gasteiger partial charge >= 0.3 is 0 Å². The van der Waals surface area contributed by atoms with E-state index < -0.39 is 11.0 Å². The molecule has 0 spiro atoms. The Kier molecular flexibility index (Phi) is 5.16. The molecule has 192 valence electrons. The number of hydrogen-bond acceptors (Lipinski definition) is 5. The Labute approximate surface area is 219 Å². The van der Waals surface area contributed by atoms with Crippen molar-refractivity contribution < 1.29 is 14.7 Å². The number of hydrogen-bond donors (Lipinski definition) is 4. The Hall–Kier alpha value is -4.04. The number of rotatable bonds is 5. The highest BCUT2D eigenvalue weighted by Gasteiger charge is 2.60. The summed E-state index contributed by atoms with van der Waals surface area (Å²) in [4.78, 5) is 38.2. The predicted octanol–water partition coefficient (Wildman–Crippen LogP) is 5.15. The first-order valence-corrected chi connectivity index (χ1v) is 13.2. The lowest BCUT2D eigenvalue weighted by Gasteiger charge is -2.59. The van der Waals surface area contributed by atoms with E-state index in [0.717, 1.165) is 54.4 Å². The lowest BCUT2D eigenvalue weighted by atomic mass is 9.47. The molecule has 0 radical (unpaired) electrons. The monoisotopic (exact) mass is 507 g/mol. The lowest BCUT2D eigenvalue weighted by Crippen LogP contribution is -2.59. The van der Waals surface area contributed by atoms with E-state index in [1.54, 1.807) is 30.5 Å². The minimum Gasteiger partial charge on any atom is -0.390 e. The number of nitrogens with zero attached hydrogens (tertiary/aromatic N) is 2. The van der Waals surface area contributed by atoms with E-state index in [4.69, 9.17) is 0 Å². The summed E-state index contributed by atoms with van der Waals surface area (Å²) in [5, 5.41) is 16.9. The molecule has 4 aromatic rings. The molecule has 4 aliphatic rings. The number of amides is 2. The van der Waals surface area contributed by atoms with E-state index in [1.165, 1.54) is 0 Å². The molecule has 2 heterocycles. The molecule has 2 aromatic carbocycles. The van der Waals surface area contributed by atoms with Crippen molar-refractivity contribution in [1.82, 2.24) is 15.0 Å². The van der Waals surface area contributed by atoms with Crippen molar-refractivity contribution in [2.45, 2.75) is 44.1 Å². The Balaban J connectivity index is 1.06. The second kappa shape index (κ2) is 8.49. The second-order valence-corrected chi connectivity index (χ2v) is 11.5. The normalized spacial score (nSPS) is 27.4. The van der Waals surface area contributed by atoms with E-state index in [1.807, 2.05) is 36.4 Å². The number of carbonyl (C=O) groups excluding carboxylic acids is 2. The van der Waals surface area contributed by atoms with Gasteiger partial charge in [-0.2, -0.15) is 0 Å². The summed E-state index contributed by atoms with van der Waals surface area (Å²) in [7, 11) is 0. The number of aliphatic hydroxyl groups is 1. The van der Waals surface area contributed by atoms with Crippen LogP contribution in [0.1, 0.15) is 48.9 Å². The fraction of sp³-hybridized carbons (Fsp3) is 0.333. The highest BCUT2D eigenvalue weighted by atomic mass is 16.3. The summed E-state index contributed by atoms with van der Waals surface area (Å²) in [6.45, 7) is 0. The van der Waals surface area contributed by atoms with Gasteiger partial charge in [-0.25, -0.2) is 9.97 Å². The van der Waals surface area contributed by atoms with Gasteiger partial charge in [0.1, 0.15) is 11.6 Å². The van der Waals surface area contributed by atoms with E-state index in [2.05, 4.69) is 25.6 Å². The number of H-pyrrole nitrogens is 1. The first-order valence-electron chi connectivity index (χ1n) is 13.2. The van der Waals surface area contributed by atoms with E-state index >= 15 is 0 Å². The summed E-state index contributed by atoms with van der Waals surface area (Å²) in [5.41, 5.74) is 2.53. The number of anilines is 2. The average Bonchev–Trinajstić information content (AvgIpc) is 3.32. The summed E-state index contributed by atoms with van der Waals surface area (Å²) >= 11 is 0. The van der Waals surface area contributed by atoms with Crippen molar-refractivity contribution in [2.75, 3.05) is 10.6 Å². The van der Waals surface area contributed by atoms with Crippen LogP contribution in [0.25, 0.3) is 22.4 Å². The smallest absolute Gasteiger partial charge is 0.256 e. The number of carbonyl (C=O) groups is 2. The zero-order valence-electron chi connectivity index (χ0n) is 20.9. The molecule has 8 rings (SSSR count).